The Labute approximate surface area is 135 Å². The summed E-state index contributed by atoms with van der Waals surface area (Å²) in [6.07, 6.45) is 3.54. The van der Waals surface area contributed by atoms with Crippen LogP contribution in [0.4, 0.5) is 0 Å². The highest BCUT2D eigenvalue weighted by molar-refractivity contribution is 5.91. The summed E-state index contributed by atoms with van der Waals surface area (Å²) >= 11 is 0. The SMILES string of the molecule is COC(=O)[C@@H]1C=CCN1C(=O)C1CN1Cc1ccccc1OC. The standard InChI is InChI=1S/C17H20N2O4/c1-22-15-8-4-3-6-12(15)10-18-11-14(18)16(20)19-9-5-7-13(19)17(21)23-2/h3-8,13-14H,9-11H2,1-2H3/t13-,14?,18?/m0/s1. The molecule has 3 rings (SSSR count). The minimum Gasteiger partial charge on any atom is -0.496 e. The second-order valence-corrected chi connectivity index (χ2v) is 5.64. The van der Waals surface area contributed by atoms with Crippen molar-refractivity contribution < 1.29 is 19.1 Å². The molecule has 6 nitrogen and oxygen atoms in total. The lowest BCUT2D eigenvalue weighted by molar-refractivity contribution is -0.149. The summed E-state index contributed by atoms with van der Waals surface area (Å²) in [4.78, 5) is 28.0. The molecule has 2 heterocycles. The lowest BCUT2D eigenvalue weighted by Crippen LogP contribution is -2.44. The van der Waals surface area contributed by atoms with Gasteiger partial charge in [-0.3, -0.25) is 9.69 Å². The Morgan fingerprint density at radius 3 is 2.78 bits per heavy atom. The van der Waals surface area contributed by atoms with E-state index in [1.807, 2.05) is 30.3 Å². The maximum Gasteiger partial charge on any atom is 0.332 e. The molecule has 2 unspecified atom stereocenters. The van der Waals surface area contributed by atoms with Crippen molar-refractivity contribution in [3.8, 4) is 5.75 Å². The number of carbonyl (C=O) groups excluding carboxylic acids is 2. The first kappa shape index (κ1) is 15.6. The predicted octanol–water partition coefficient (Wildman–Crippen LogP) is 0.819. The van der Waals surface area contributed by atoms with E-state index >= 15 is 0 Å². The number of benzene rings is 1. The van der Waals surface area contributed by atoms with Gasteiger partial charge in [-0.2, -0.15) is 0 Å². The highest BCUT2D eigenvalue weighted by atomic mass is 16.5. The van der Waals surface area contributed by atoms with E-state index in [0.717, 1.165) is 11.3 Å². The second kappa shape index (κ2) is 6.42. The molecule has 1 aromatic carbocycles. The summed E-state index contributed by atoms with van der Waals surface area (Å²) in [7, 11) is 2.98. The fourth-order valence-electron chi connectivity index (χ4n) is 2.90. The maximum absolute atomic E-state index is 12.6. The molecule has 1 fully saturated rings. The van der Waals surface area contributed by atoms with E-state index in [-0.39, 0.29) is 11.9 Å². The zero-order valence-corrected chi connectivity index (χ0v) is 13.3. The average molecular weight is 316 g/mol. The molecule has 0 aliphatic carbocycles. The third kappa shape index (κ3) is 3.07. The monoisotopic (exact) mass is 316 g/mol. The first-order valence-corrected chi connectivity index (χ1v) is 7.56. The number of hydrogen-bond acceptors (Lipinski definition) is 5. The molecule has 2 aliphatic heterocycles. The molecule has 0 saturated carbocycles. The Morgan fingerprint density at radius 2 is 2.04 bits per heavy atom. The van der Waals surface area contributed by atoms with Crippen LogP contribution in [0.25, 0.3) is 0 Å². The van der Waals surface area contributed by atoms with Crippen molar-refractivity contribution in [2.75, 3.05) is 27.3 Å². The van der Waals surface area contributed by atoms with E-state index in [1.165, 1.54) is 7.11 Å². The summed E-state index contributed by atoms with van der Waals surface area (Å²) in [5, 5.41) is 0. The third-order valence-electron chi connectivity index (χ3n) is 4.25. The number of rotatable bonds is 5. The Bertz CT molecular complexity index is 643. The van der Waals surface area contributed by atoms with Gasteiger partial charge in [0.05, 0.1) is 14.2 Å². The number of amides is 1. The number of esters is 1. The van der Waals surface area contributed by atoms with Crippen molar-refractivity contribution >= 4 is 11.9 Å². The van der Waals surface area contributed by atoms with E-state index in [4.69, 9.17) is 9.47 Å². The molecule has 0 spiro atoms. The number of hydrogen-bond donors (Lipinski definition) is 0. The van der Waals surface area contributed by atoms with Gasteiger partial charge < -0.3 is 14.4 Å². The molecular formula is C17H20N2O4. The van der Waals surface area contributed by atoms with Crippen LogP contribution in [0.5, 0.6) is 5.75 Å². The average Bonchev–Trinajstić information content (AvgIpc) is 3.17. The van der Waals surface area contributed by atoms with Gasteiger partial charge in [0.1, 0.15) is 17.8 Å². The fraction of sp³-hybridized carbons (Fsp3) is 0.412. The molecule has 6 heteroatoms. The molecule has 0 N–H and O–H groups in total. The topological polar surface area (TPSA) is 58.8 Å². The molecule has 1 saturated heterocycles. The fourth-order valence-corrected chi connectivity index (χ4v) is 2.90. The lowest BCUT2D eigenvalue weighted by atomic mass is 10.2. The molecule has 2 aliphatic rings. The number of nitrogens with zero attached hydrogens (tertiary/aromatic N) is 2. The molecular weight excluding hydrogens is 296 g/mol. The summed E-state index contributed by atoms with van der Waals surface area (Å²) in [5.74, 6) is 0.394. The van der Waals surface area contributed by atoms with E-state index in [0.29, 0.717) is 19.6 Å². The zero-order valence-electron chi connectivity index (χ0n) is 13.3. The van der Waals surface area contributed by atoms with Crippen LogP contribution in [0.1, 0.15) is 5.56 Å². The zero-order chi connectivity index (χ0) is 16.4. The quantitative estimate of drug-likeness (QED) is 0.457. The van der Waals surface area contributed by atoms with Gasteiger partial charge in [-0.15, -0.1) is 0 Å². The van der Waals surface area contributed by atoms with E-state index in [9.17, 15) is 9.59 Å². The molecule has 1 amide bonds. The Morgan fingerprint density at radius 1 is 1.26 bits per heavy atom. The van der Waals surface area contributed by atoms with Gasteiger partial charge >= 0.3 is 5.97 Å². The highest BCUT2D eigenvalue weighted by Crippen LogP contribution is 2.28. The van der Waals surface area contributed by atoms with Crippen LogP contribution in [0.15, 0.2) is 36.4 Å². The van der Waals surface area contributed by atoms with Crippen molar-refractivity contribution in [3.63, 3.8) is 0 Å². The predicted molar refractivity (Wildman–Crippen MR) is 83.8 cm³/mol. The van der Waals surface area contributed by atoms with Crippen LogP contribution in [-0.2, 0) is 20.9 Å². The van der Waals surface area contributed by atoms with E-state index < -0.39 is 12.0 Å². The van der Waals surface area contributed by atoms with Crippen LogP contribution in [-0.4, -0.2) is 61.1 Å². The number of methoxy groups -OCH3 is 2. The molecule has 23 heavy (non-hydrogen) atoms. The second-order valence-electron chi connectivity index (χ2n) is 5.64. The van der Waals surface area contributed by atoms with Gasteiger partial charge in [0.2, 0.25) is 5.91 Å². The number of carbonyl (C=O) groups is 2. The maximum atomic E-state index is 12.6. The summed E-state index contributed by atoms with van der Waals surface area (Å²) in [5.41, 5.74) is 1.05. The lowest BCUT2D eigenvalue weighted by Gasteiger charge is -2.22. The van der Waals surface area contributed by atoms with Crippen LogP contribution in [0, 0.1) is 0 Å². The van der Waals surface area contributed by atoms with Crippen LogP contribution in [0.2, 0.25) is 0 Å². The van der Waals surface area contributed by atoms with Gasteiger partial charge in [0.25, 0.3) is 0 Å². The van der Waals surface area contributed by atoms with Gasteiger partial charge in [0, 0.05) is 25.2 Å². The molecule has 0 bridgehead atoms. The van der Waals surface area contributed by atoms with E-state index in [1.54, 1.807) is 18.1 Å². The Hall–Kier alpha value is -2.34. The first-order valence-electron chi connectivity index (χ1n) is 7.56. The van der Waals surface area contributed by atoms with Crippen molar-refractivity contribution in [1.29, 1.82) is 0 Å². The molecule has 3 atom stereocenters. The van der Waals surface area contributed by atoms with Crippen LogP contribution < -0.4 is 4.74 Å². The van der Waals surface area contributed by atoms with Crippen LogP contribution >= 0.6 is 0 Å². The van der Waals surface area contributed by atoms with Crippen molar-refractivity contribution in [1.82, 2.24) is 9.80 Å². The Kier molecular flexibility index (Phi) is 4.34. The molecule has 0 aromatic heterocycles. The molecule has 0 radical (unpaired) electrons. The number of para-hydroxylation sites is 1. The minimum atomic E-state index is -0.596. The smallest absolute Gasteiger partial charge is 0.332 e. The van der Waals surface area contributed by atoms with Crippen LogP contribution in [0.3, 0.4) is 0 Å². The van der Waals surface area contributed by atoms with Crippen molar-refractivity contribution in [2.24, 2.45) is 0 Å². The first-order chi connectivity index (χ1) is 11.2. The van der Waals surface area contributed by atoms with E-state index in [2.05, 4.69) is 4.90 Å². The summed E-state index contributed by atoms with van der Waals surface area (Å²) in [6, 6.07) is 7.01. The van der Waals surface area contributed by atoms with Gasteiger partial charge in [0.15, 0.2) is 0 Å². The van der Waals surface area contributed by atoms with Gasteiger partial charge in [-0.25, -0.2) is 4.79 Å². The summed E-state index contributed by atoms with van der Waals surface area (Å²) in [6.45, 7) is 1.81. The summed E-state index contributed by atoms with van der Waals surface area (Å²) < 4.78 is 10.1. The molecule has 122 valence electrons. The van der Waals surface area contributed by atoms with Gasteiger partial charge in [-0.1, -0.05) is 30.4 Å². The highest BCUT2D eigenvalue weighted by Gasteiger charge is 2.45. The van der Waals surface area contributed by atoms with Gasteiger partial charge in [-0.05, 0) is 6.07 Å². The van der Waals surface area contributed by atoms with Crippen molar-refractivity contribution in [3.05, 3.63) is 42.0 Å². The van der Waals surface area contributed by atoms with Crippen molar-refractivity contribution in [2.45, 2.75) is 18.6 Å². The number of ether oxygens (including phenoxy) is 2. The largest absolute Gasteiger partial charge is 0.496 e. The minimum absolute atomic E-state index is 0.0275. The normalized spacial score (nSPS) is 25.3. The third-order valence-corrected chi connectivity index (χ3v) is 4.25. The molecule has 1 aromatic rings. The Balaban J connectivity index is 1.62.